The van der Waals surface area contributed by atoms with E-state index in [4.69, 9.17) is 30.3 Å². The minimum Gasteiger partial charge on any atom is -0.459 e. The Kier molecular flexibility index (Phi) is 9.13. The fraction of sp³-hybridized carbons (Fsp3) is 0.550. The minimum atomic E-state index is -2.37. The van der Waals surface area contributed by atoms with Crippen molar-refractivity contribution in [3.05, 3.63) is 48.6 Å². The van der Waals surface area contributed by atoms with Gasteiger partial charge in [-0.3, -0.25) is 0 Å². The molecule has 1 aliphatic heterocycles. The molecule has 0 aromatic heterocycles. The van der Waals surface area contributed by atoms with E-state index in [1.807, 2.05) is 38.1 Å². The lowest BCUT2D eigenvalue weighted by Crippen LogP contribution is -2.27. The lowest BCUT2D eigenvalue weighted by Gasteiger charge is -2.26. The van der Waals surface area contributed by atoms with Gasteiger partial charge in [0, 0.05) is 6.16 Å². The van der Waals surface area contributed by atoms with Gasteiger partial charge in [0.15, 0.2) is 6.49 Å². The monoisotopic (exact) mass is 412 g/mol. The van der Waals surface area contributed by atoms with E-state index in [1.54, 1.807) is 12.1 Å². The number of carbonyl (C=O) groups excluding carboxylic acids is 1. The van der Waals surface area contributed by atoms with Crippen LogP contribution in [0.5, 0.6) is 0 Å². The van der Waals surface area contributed by atoms with Crippen LogP contribution >= 0.6 is 6.49 Å². The molecule has 1 aromatic rings. The van der Waals surface area contributed by atoms with Crippen LogP contribution in [-0.2, 0) is 30.3 Å². The van der Waals surface area contributed by atoms with Gasteiger partial charge in [0.2, 0.25) is 0 Å². The minimum absolute atomic E-state index is 0.0552. The highest BCUT2D eigenvalue weighted by Gasteiger charge is 2.39. The quantitative estimate of drug-likeness (QED) is 0.301. The summed E-state index contributed by atoms with van der Waals surface area (Å²) in [7, 11) is 0. The molecule has 0 N–H and O–H groups in total. The standard InChI is InChI=1S/C20H29O5PS/c1-4-10-18-13-17(15-26(27,23-5-2)24-6-3)19(25-18)14-22-20(21)16-11-8-7-9-12-16/h4,7-9,11-12,17-19H,1,5-6,10,13-15H2,2-3H3/t17-,18+,19-/m1/s1. The second-order valence-electron chi connectivity index (χ2n) is 6.41. The van der Waals surface area contributed by atoms with Crippen LogP contribution in [0.3, 0.4) is 0 Å². The zero-order chi connectivity index (χ0) is 19.7. The van der Waals surface area contributed by atoms with Crippen molar-refractivity contribution >= 4 is 24.3 Å². The van der Waals surface area contributed by atoms with E-state index >= 15 is 0 Å². The molecule has 0 spiro atoms. The molecule has 0 amide bonds. The molecule has 5 nitrogen and oxygen atoms in total. The molecule has 7 heteroatoms. The summed E-state index contributed by atoms with van der Waals surface area (Å²) in [5.41, 5.74) is 0.531. The summed E-state index contributed by atoms with van der Waals surface area (Å²) >= 11 is 5.69. The lowest BCUT2D eigenvalue weighted by atomic mass is 10.0. The van der Waals surface area contributed by atoms with E-state index in [-0.39, 0.29) is 30.7 Å². The number of rotatable bonds is 11. The van der Waals surface area contributed by atoms with Crippen LogP contribution in [0.4, 0.5) is 0 Å². The van der Waals surface area contributed by atoms with Crippen LogP contribution in [-0.4, -0.2) is 44.2 Å². The van der Waals surface area contributed by atoms with Gasteiger partial charge in [-0.05, 0) is 56.5 Å². The van der Waals surface area contributed by atoms with Crippen molar-refractivity contribution in [2.45, 2.75) is 38.9 Å². The summed E-state index contributed by atoms with van der Waals surface area (Å²) in [5, 5.41) is 0. The van der Waals surface area contributed by atoms with E-state index in [2.05, 4.69) is 6.58 Å². The Labute approximate surface area is 167 Å². The Bertz CT molecular complexity index is 641. The van der Waals surface area contributed by atoms with Crippen molar-refractivity contribution in [3.8, 4) is 0 Å². The van der Waals surface area contributed by atoms with Gasteiger partial charge >= 0.3 is 5.97 Å². The van der Waals surface area contributed by atoms with Gasteiger partial charge < -0.3 is 18.5 Å². The summed E-state index contributed by atoms with van der Waals surface area (Å²) in [6.07, 6.45) is 3.89. The van der Waals surface area contributed by atoms with Crippen molar-refractivity contribution in [1.82, 2.24) is 0 Å². The van der Waals surface area contributed by atoms with Crippen molar-refractivity contribution in [3.63, 3.8) is 0 Å². The molecule has 3 atom stereocenters. The van der Waals surface area contributed by atoms with E-state index in [9.17, 15) is 4.79 Å². The molecule has 0 saturated carbocycles. The molecular weight excluding hydrogens is 383 g/mol. The molecule has 1 heterocycles. The fourth-order valence-electron chi connectivity index (χ4n) is 3.25. The number of hydrogen-bond donors (Lipinski definition) is 0. The predicted molar refractivity (Wildman–Crippen MR) is 111 cm³/mol. The van der Waals surface area contributed by atoms with Crippen LogP contribution in [0.25, 0.3) is 0 Å². The molecule has 0 bridgehead atoms. The SMILES string of the molecule is C=CC[C@H]1C[C@H](CP(=S)(OCC)OCC)[C@@H](COC(=O)c2ccccc2)O1. The number of carbonyl (C=O) groups is 1. The van der Waals surface area contributed by atoms with Gasteiger partial charge in [-0.15, -0.1) is 6.58 Å². The Morgan fingerprint density at radius 2 is 1.96 bits per heavy atom. The highest BCUT2D eigenvalue weighted by Crippen LogP contribution is 2.52. The van der Waals surface area contributed by atoms with Crippen molar-refractivity contribution in [1.29, 1.82) is 0 Å². The van der Waals surface area contributed by atoms with E-state index in [0.717, 1.165) is 12.8 Å². The van der Waals surface area contributed by atoms with Gasteiger partial charge in [0.25, 0.3) is 0 Å². The van der Waals surface area contributed by atoms with Gasteiger partial charge in [-0.2, -0.15) is 0 Å². The molecule has 2 rings (SSSR count). The van der Waals surface area contributed by atoms with Crippen molar-refractivity contribution in [2.75, 3.05) is 26.0 Å². The predicted octanol–water partition coefficient (Wildman–Crippen LogP) is 4.58. The summed E-state index contributed by atoms with van der Waals surface area (Å²) < 4.78 is 23.2. The third-order valence-corrected chi connectivity index (χ3v) is 7.69. The highest BCUT2D eigenvalue weighted by atomic mass is 32.5. The average molecular weight is 412 g/mol. The van der Waals surface area contributed by atoms with Crippen LogP contribution in [0, 0.1) is 5.92 Å². The Hall–Kier alpha value is -1.04. The van der Waals surface area contributed by atoms with E-state index in [0.29, 0.717) is 24.9 Å². The Morgan fingerprint density at radius 3 is 2.56 bits per heavy atom. The van der Waals surface area contributed by atoms with Crippen LogP contribution in [0.2, 0.25) is 0 Å². The van der Waals surface area contributed by atoms with Gasteiger partial charge in [0.05, 0.1) is 31.0 Å². The molecule has 1 fully saturated rings. The average Bonchev–Trinajstić information content (AvgIpc) is 3.02. The first kappa shape index (κ1) is 22.3. The van der Waals surface area contributed by atoms with E-state index < -0.39 is 6.49 Å². The molecule has 1 aromatic carbocycles. The highest BCUT2D eigenvalue weighted by molar-refractivity contribution is 8.09. The first-order chi connectivity index (χ1) is 13.0. The molecule has 1 aliphatic rings. The largest absolute Gasteiger partial charge is 0.459 e. The van der Waals surface area contributed by atoms with Crippen molar-refractivity contribution in [2.24, 2.45) is 5.92 Å². The summed E-state index contributed by atoms with van der Waals surface area (Å²) in [6, 6.07) is 8.96. The third kappa shape index (κ3) is 6.81. The molecular formula is C20H29O5PS. The second kappa shape index (κ2) is 11.1. The number of ether oxygens (including phenoxy) is 2. The maximum atomic E-state index is 12.2. The number of benzene rings is 1. The zero-order valence-corrected chi connectivity index (χ0v) is 17.8. The Morgan fingerprint density at radius 1 is 1.30 bits per heavy atom. The molecule has 0 radical (unpaired) electrons. The smallest absolute Gasteiger partial charge is 0.338 e. The summed E-state index contributed by atoms with van der Waals surface area (Å²) in [5.74, 6) is -0.221. The summed E-state index contributed by atoms with van der Waals surface area (Å²) in [4.78, 5) is 12.2. The van der Waals surface area contributed by atoms with Crippen LogP contribution < -0.4 is 0 Å². The number of hydrogen-bond acceptors (Lipinski definition) is 6. The molecule has 1 saturated heterocycles. The Balaban J connectivity index is 2.02. The normalized spacial score (nSPS) is 22.5. The molecule has 150 valence electrons. The lowest BCUT2D eigenvalue weighted by molar-refractivity contribution is -0.0144. The first-order valence-corrected chi connectivity index (χ1v) is 12.2. The van der Waals surface area contributed by atoms with Gasteiger partial charge in [-0.25, -0.2) is 4.79 Å². The first-order valence-electron chi connectivity index (χ1n) is 9.38. The zero-order valence-electron chi connectivity index (χ0n) is 16.0. The van der Waals surface area contributed by atoms with Crippen molar-refractivity contribution < 1.29 is 23.3 Å². The summed E-state index contributed by atoms with van der Waals surface area (Å²) in [6.45, 7) is 6.51. The maximum Gasteiger partial charge on any atom is 0.338 e. The third-order valence-electron chi connectivity index (χ3n) is 4.39. The second-order valence-corrected chi connectivity index (χ2v) is 10.2. The van der Waals surface area contributed by atoms with Gasteiger partial charge in [0.1, 0.15) is 6.61 Å². The molecule has 0 unspecified atom stereocenters. The van der Waals surface area contributed by atoms with Gasteiger partial charge in [-0.1, -0.05) is 24.3 Å². The fourth-order valence-corrected chi connectivity index (χ4v) is 6.48. The van der Waals surface area contributed by atoms with Crippen LogP contribution in [0.1, 0.15) is 37.0 Å². The molecule has 27 heavy (non-hydrogen) atoms. The topological polar surface area (TPSA) is 54.0 Å². The molecule has 0 aliphatic carbocycles. The number of esters is 1. The van der Waals surface area contributed by atoms with E-state index in [1.165, 1.54) is 0 Å². The van der Waals surface area contributed by atoms with Crippen LogP contribution in [0.15, 0.2) is 43.0 Å². The maximum absolute atomic E-state index is 12.2.